The van der Waals surface area contributed by atoms with Crippen LogP contribution in [0.25, 0.3) is 11.0 Å². The van der Waals surface area contributed by atoms with Crippen LogP contribution in [0.1, 0.15) is 10.4 Å². The Labute approximate surface area is 149 Å². The fraction of sp³-hybridized carbons (Fsp3) is 0.200. The van der Waals surface area contributed by atoms with E-state index < -0.39 is 0 Å². The number of fused-ring (bicyclic) bond motifs is 1. The largest absolute Gasteiger partial charge is 0.496 e. The van der Waals surface area contributed by atoms with E-state index in [2.05, 4.69) is 42.3 Å². The van der Waals surface area contributed by atoms with E-state index in [1.54, 1.807) is 30.1 Å². The lowest BCUT2D eigenvalue weighted by atomic mass is 10.1. The van der Waals surface area contributed by atoms with Crippen LogP contribution in [0.5, 0.6) is 5.75 Å². The summed E-state index contributed by atoms with van der Waals surface area (Å²) in [4.78, 5) is 12.3. The Kier molecular flexibility index (Phi) is 4.72. The molecule has 8 heteroatoms. The molecule has 0 aliphatic rings. The van der Waals surface area contributed by atoms with Gasteiger partial charge in [0, 0.05) is 24.4 Å². The number of methoxy groups -OCH3 is 1. The lowest BCUT2D eigenvalue weighted by Gasteiger charge is -2.07. The Morgan fingerprint density at radius 1 is 1.39 bits per heavy atom. The third-order valence-electron chi connectivity index (χ3n) is 3.28. The highest BCUT2D eigenvalue weighted by molar-refractivity contribution is 9.10. The van der Waals surface area contributed by atoms with Gasteiger partial charge in [0.25, 0.3) is 5.91 Å². The minimum Gasteiger partial charge on any atom is -0.496 e. The molecular formula is C15H13Br2N3O3. The maximum Gasteiger partial charge on any atom is 0.251 e. The standard InChI is InChI=1S/C15H13Br2N3O3/c1-22-12-4-9(5-13-11(12)6-14(17)23-13)15(21)18-2-3-20-8-10(16)7-19-20/h4-8H,2-3H2,1H3,(H,18,21). The van der Waals surface area contributed by atoms with Crippen molar-refractivity contribution in [2.24, 2.45) is 0 Å². The molecule has 120 valence electrons. The molecule has 0 saturated carbocycles. The van der Waals surface area contributed by atoms with Crippen LogP contribution in [-0.2, 0) is 6.54 Å². The normalized spacial score (nSPS) is 10.9. The zero-order chi connectivity index (χ0) is 16.4. The summed E-state index contributed by atoms with van der Waals surface area (Å²) in [5.74, 6) is 0.405. The number of nitrogens with zero attached hydrogens (tertiary/aromatic N) is 2. The van der Waals surface area contributed by atoms with Crippen molar-refractivity contribution in [3.8, 4) is 5.75 Å². The summed E-state index contributed by atoms with van der Waals surface area (Å²) in [6.45, 7) is 1.05. The van der Waals surface area contributed by atoms with Crippen LogP contribution in [0.4, 0.5) is 0 Å². The van der Waals surface area contributed by atoms with Gasteiger partial charge in [0.15, 0.2) is 4.67 Å². The Bertz CT molecular complexity index is 857. The number of benzene rings is 1. The van der Waals surface area contributed by atoms with E-state index >= 15 is 0 Å². The molecule has 1 amide bonds. The topological polar surface area (TPSA) is 69.3 Å². The number of carbonyl (C=O) groups excluding carboxylic acids is 1. The van der Waals surface area contributed by atoms with Gasteiger partial charge in [-0.3, -0.25) is 9.48 Å². The van der Waals surface area contributed by atoms with Gasteiger partial charge in [-0.2, -0.15) is 5.10 Å². The highest BCUT2D eigenvalue weighted by atomic mass is 79.9. The monoisotopic (exact) mass is 441 g/mol. The molecule has 0 aliphatic heterocycles. The van der Waals surface area contributed by atoms with Crippen LogP contribution in [0.2, 0.25) is 0 Å². The predicted octanol–water partition coefficient (Wildman–Crippen LogP) is 3.59. The molecule has 3 aromatic rings. The van der Waals surface area contributed by atoms with Gasteiger partial charge >= 0.3 is 0 Å². The fourth-order valence-electron chi connectivity index (χ4n) is 2.22. The van der Waals surface area contributed by atoms with E-state index in [0.29, 0.717) is 34.7 Å². The minimum atomic E-state index is -0.191. The van der Waals surface area contributed by atoms with E-state index in [-0.39, 0.29) is 5.91 Å². The summed E-state index contributed by atoms with van der Waals surface area (Å²) in [6, 6.07) is 5.21. The summed E-state index contributed by atoms with van der Waals surface area (Å²) in [5.41, 5.74) is 1.08. The molecule has 0 bridgehead atoms. The second kappa shape index (κ2) is 6.76. The molecule has 0 radical (unpaired) electrons. The molecule has 2 heterocycles. The van der Waals surface area contributed by atoms with Crippen molar-refractivity contribution < 1.29 is 13.9 Å². The Morgan fingerprint density at radius 2 is 2.22 bits per heavy atom. The molecule has 3 rings (SSSR count). The Hall–Kier alpha value is -1.80. The van der Waals surface area contributed by atoms with Crippen molar-refractivity contribution in [3.05, 3.63) is 45.3 Å². The number of halogens is 2. The van der Waals surface area contributed by atoms with Crippen LogP contribution in [0.3, 0.4) is 0 Å². The van der Waals surface area contributed by atoms with Crippen molar-refractivity contribution >= 4 is 48.7 Å². The van der Waals surface area contributed by atoms with Gasteiger partial charge in [0.1, 0.15) is 11.3 Å². The zero-order valence-electron chi connectivity index (χ0n) is 12.2. The van der Waals surface area contributed by atoms with Gasteiger partial charge in [-0.15, -0.1) is 0 Å². The number of nitrogens with one attached hydrogen (secondary N) is 1. The number of amides is 1. The smallest absolute Gasteiger partial charge is 0.251 e. The lowest BCUT2D eigenvalue weighted by molar-refractivity contribution is 0.0951. The van der Waals surface area contributed by atoms with Crippen molar-refractivity contribution in [1.82, 2.24) is 15.1 Å². The minimum absolute atomic E-state index is 0.191. The second-order valence-corrected chi connectivity index (χ2v) is 6.52. The van der Waals surface area contributed by atoms with Gasteiger partial charge < -0.3 is 14.5 Å². The van der Waals surface area contributed by atoms with Gasteiger partial charge in [-0.1, -0.05) is 0 Å². The highest BCUT2D eigenvalue weighted by Gasteiger charge is 2.14. The molecule has 23 heavy (non-hydrogen) atoms. The highest BCUT2D eigenvalue weighted by Crippen LogP contribution is 2.32. The van der Waals surface area contributed by atoms with E-state index in [0.717, 1.165) is 9.86 Å². The summed E-state index contributed by atoms with van der Waals surface area (Å²) in [5, 5.41) is 7.81. The maximum absolute atomic E-state index is 12.3. The first-order chi connectivity index (χ1) is 11.1. The maximum atomic E-state index is 12.3. The van der Waals surface area contributed by atoms with Crippen molar-refractivity contribution in [2.45, 2.75) is 6.54 Å². The number of carbonyl (C=O) groups is 1. The molecule has 0 fully saturated rings. The quantitative estimate of drug-likeness (QED) is 0.655. The SMILES string of the molecule is COc1cc(C(=O)NCCn2cc(Br)cn2)cc2oc(Br)cc12. The number of furan rings is 1. The average Bonchev–Trinajstić information content (AvgIpc) is 3.10. The Balaban J connectivity index is 1.72. The number of rotatable bonds is 5. The second-order valence-electron chi connectivity index (χ2n) is 4.82. The molecule has 2 aromatic heterocycles. The molecular weight excluding hydrogens is 430 g/mol. The molecule has 0 atom stereocenters. The summed E-state index contributed by atoms with van der Waals surface area (Å²) >= 11 is 6.61. The average molecular weight is 443 g/mol. The van der Waals surface area contributed by atoms with E-state index in [1.807, 2.05) is 12.3 Å². The van der Waals surface area contributed by atoms with E-state index in [9.17, 15) is 4.79 Å². The Morgan fingerprint density at radius 3 is 2.91 bits per heavy atom. The van der Waals surface area contributed by atoms with Gasteiger partial charge in [0.2, 0.25) is 0 Å². The van der Waals surface area contributed by atoms with Crippen molar-refractivity contribution in [2.75, 3.05) is 13.7 Å². The molecule has 1 N–H and O–H groups in total. The van der Waals surface area contributed by atoms with E-state index in [4.69, 9.17) is 9.15 Å². The van der Waals surface area contributed by atoms with Crippen molar-refractivity contribution in [1.29, 1.82) is 0 Å². The van der Waals surface area contributed by atoms with Crippen molar-refractivity contribution in [3.63, 3.8) is 0 Å². The number of aromatic nitrogens is 2. The predicted molar refractivity (Wildman–Crippen MR) is 92.7 cm³/mol. The van der Waals surface area contributed by atoms with Crippen LogP contribution < -0.4 is 10.1 Å². The van der Waals surface area contributed by atoms with Crippen LogP contribution >= 0.6 is 31.9 Å². The molecule has 1 aromatic carbocycles. The van der Waals surface area contributed by atoms with Crippen LogP contribution in [-0.4, -0.2) is 29.3 Å². The fourth-order valence-corrected chi connectivity index (χ4v) is 2.95. The van der Waals surface area contributed by atoms with Gasteiger partial charge in [0.05, 0.1) is 29.7 Å². The first kappa shape index (κ1) is 16.1. The summed E-state index contributed by atoms with van der Waals surface area (Å²) < 4.78 is 14.1. The van der Waals surface area contributed by atoms with Gasteiger partial charge in [-0.05, 0) is 44.0 Å². The zero-order valence-corrected chi connectivity index (χ0v) is 15.3. The molecule has 0 spiro atoms. The molecule has 0 unspecified atom stereocenters. The third kappa shape index (κ3) is 3.59. The third-order valence-corrected chi connectivity index (χ3v) is 4.08. The molecule has 6 nitrogen and oxygen atoms in total. The first-order valence-electron chi connectivity index (χ1n) is 6.80. The number of hydrogen-bond donors (Lipinski definition) is 1. The first-order valence-corrected chi connectivity index (χ1v) is 8.38. The molecule has 0 saturated heterocycles. The van der Waals surface area contributed by atoms with Crippen LogP contribution in [0, 0.1) is 0 Å². The molecule has 0 aliphatic carbocycles. The van der Waals surface area contributed by atoms with Gasteiger partial charge in [-0.25, -0.2) is 0 Å². The van der Waals surface area contributed by atoms with Crippen LogP contribution in [0.15, 0.2) is 44.2 Å². The summed E-state index contributed by atoms with van der Waals surface area (Å²) in [7, 11) is 1.56. The summed E-state index contributed by atoms with van der Waals surface area (Å²) in [6.07, 6.45) is 3.55. The number of ether oxygens (including phenoxy) is 1. The lowest BCUT2D eigenvalue weighted by Crippen LogP contribution is -2.27. The number of hydrogen-bond acceptors (Lipinski definition) is 4. The van der Waals surface area contributed by atoms with E-state index in [1.165, 1.54) is 0 Å².